The number of benzene rings is 1. The quantitative estimate of drug-likeness (QED) is 0.689. The predicted molar refractivity (Wildman–Crippen MR) is 90.5 cm³/mol. The standard InChI is InChI=1S/C19H31NO2/c1-18(2)12-8-13-19(3,4)20(18)22-15-9-14-21-16-17-10-6-5-7-11-17/h5-7,10-11H,8-9,12-16H2,1-4H3. The molecule has 2 rings (SSSR count). The van der Waals surface area contributed by atoms with Crippen LogP contribution in [-0.2, 0) is 16.2 Å². The SMILES string of the molecule is CC1(C)CCCC(C)(C)N1OCCCOCc1ccccc1. The summed E-state index contributed by atoms with van der Waals surface area (Å²) in [6.45, 7) is 11.3. The molecule has 3 heteroatoms. The van der Waals surface area contributed by atoms with Gasteiger partial charge >= 0.3 is 0 Å². The van der Waals surface area contributed by atoms with Gasteiger partial charge in [-0.3, -0.25) is 4.84 Å². The number of hydrogen-bond acceptors (Lipinski definition) is 3. The molecule has 1 aromatic carbocycles. The Bertz CT molecular complexity index is 426. The summed E-state index contributed by atoms with van der Waals surface area (Å²) in [6.07, 6.45) is 4.59. The van der Waals surface area contributed by atoms with Gasteiger partial charge in [-0.2, -0.15) is 5.06 Å². The van der Waals surface area contributed by atoms with Gasteiger partial charge in [0.15, 0.2) is 0 Å². The van der Waals surface area contributed by atoms with Gasteiger partial charge in [-0.15, -0.1) is 0 Å². The van der Waals surface area contributed by atoms with Crippen LogP contribution in [0.2, 0.25) is 0 Å². The van der Waals surface area contributed by atoms with E-state index in [2.05, 4.69) is 44.9 Å². The Balaban J connectivity index is 1.67. The number of piperidine rings is 1. The van der Waals surface area contributed by atoms with E-state index in [9.17, 15) is 0 Å². The first kappa shape index (κ1) is 17.5. The maximum Gasteiger partial charge on any atom is 0.0716 e. The Labute approximate surface area is 135 Å². The van der Waals surface area contributed by atoms with Crippen LogP contribution < -0.4 is 0 Å². The van der Waals surface area contributed by atoms with Crippen LogP contribution in [0.4, 0.5) is 0 Å². The summed E-state index contributed by atoms with van der Waals surface area (Å²) in [5.41, 5.74) is 1.46. The van der Waals surface area contributed by atoms with Crippen LogP contribution in [0.25, 0.3) is 0 Å². The first-order valence-corrected chi connectivity index (χ1v) is 8.47. The third-order valence-corrected chi connectivity index (χ3v) is 4.44. The molecular weight excluding hydrogens is 274 g/mol. The van der Waals surface area contributed by atoms with E-state index < -0.39 is 0 Å². The lowest BCUT2D eigenvalue weighted by molar-refractivity contribution is -0.281. The summed E-state index contributed by atoms with van der Waals surface area (Å²) in [7, 11) is 0. The lowest BCUT2D eigenvalue weighted by Gasteiger charge is -2.51. The molecule has 0 amide bonds. The van der Waals surface area contributed by atoms with Crippen molar-refractivity contribution in [3.05, 3.63) is 35.9 Å². The third kappa shape index (κ3) is 4.80. The normalized spacial score (nSPS) is 20.9. The Morgan fingerprint density at radius 1 is 0.955 bits per heavy atom. The second-order valence-electron chi connectivity index (χ2n) is 7.50. The van der Waals surface area contributed by atoms with Crippen LogP contribution in [-0.4, -0.2) is 29.4 Å². The van der Waals surface area contributed by atoms with Crippen LogP contribution in [0.15, 0.2) is 30.3 Å². The van der Waals surface area contributed by atoms with E-state index >= 15 is 0 Å². The molecule has 0 spiro atoms. The van der Waals surface area contributed by atoms with Crippen molar-refractivity contribution in [2.75, 3.05) is 13.2 Å². The molecule has 1 heterocycles. The maximum absolute atomic E-state index is 6.12. The summed E-state index contributed by atoms with van der Waals surface area (Å²) in [4.78, 5) is 6.12. The minimum atomic E-state index is 0.118. The molecule has 1 aromatic rings. The highest BCUT2D eigenvalue weighted by molar-refractivity contribution is 5.13. The van der Waals surface area contributed by atoms with E-state index in [1.54, 1.807) is 0 Å². The predicted octanol–water partition coefficient (Wildman–Crippen LogP) is 4.57. The van der Waals surface area contributed by atoms with Crippen molar-refractivity contribution in [1.82, 2.24) is 5.06 Å². The largest absolute Gasteiger partial charge is 0.377 e. The van der Waals surface area contributed by atoms with E-state index in [0.717, 1.165) is 19.6 Å². The van der Waals surface area contributed by atoms with Gasteiger partial charge in [-0.05, 0) is 58.9 Å². The van der Waals surface area contributed by atoms with E-state index in [0.29, 0.717) is 6.61 Å². The van der Waals surface area contributed by atoms with Gasteiger partial charge < -0.3 is 4.74 Å². The van der Waals surface area contributed by atoms with Crippen molar-refractivity contribution in [2.45, 2.75) is 71.1 Å². The van der Waals surface area contributed by atoms with Crippen molar-refractivity contribution in [1.29, 1.82) is 0 Å². The van der Waals surface area contributed by atoms with Crippen molar-refractivity contribution >= 4 is 0 Å². The highest BCUT2D eigenvalue weighted by atomic mass is 16.7. The van der Waals surface area contributed by atoms with Gasteiger partial charge in [0.25, 0.3) is 0 Å². The number of nitrogens with zero attached hydrogens (tertiary/aromatic N) is 1. The minimum absolute atomic E-state index is 0.118. The molecule has 0 atom stereocenters. The first-order valence-electron chi connectivity index (χ1n) is 8.47. The summed E-state index contributed by atoms with van der Waals surface area (Å²) < 4.78 is 5.71. The maximum atomic E-state index is 6.12. The fraction of sp³-hybridized carbons (Fsp3) is 0.684. The lowest BCUT2D eigenvalue weighted by atomic mass is 9.82. The zero-order valence-corrected chi connectivity index (χ0v) is 14.6. The van der Waals surface area contributed by atoms with Gasteiger partial charge in [0.05, 0.1) is 13.2 Å². The van der Waals surface area contributed by atoms with E-state index in [1.807, 2.05) is 18.2 Å². The molecule has 0 radical (unpaired) electrons. The molecule has 3 nitrogen and oxygen atoms in total. The molecule has 0 aliphatic carbocycles. The smallest absolute Gasteiger partial charge is 0.0716 e. The number of rotatable bonds is 7. The fourth-order valence-corrected chi connectivity index (χ4v) is 3.41. The van der Waals surface area contributed by atoms with Crippen molar-refractivity contribution in [3.63, 3.8) is 0 Å². The van der Waals surface area contributed by atoms with Crippen LogP contribution >= 0.6 is 0 Å². The average molecular weight is 305 g/mol. The van der Waals surface area contributed by atoms with E-state index in [-0.39, 0.29) is 11.1 Å². The number of hydrogen-bond donors (Lipinski definition) is 0. The highest BCUT2D eigenvalue weighted by Gasteiger charge is 2.42. The second kappa shape index (κ2) is 7.58. The topological polar surface area (TPSA) is 21.7 Å². The number of ether oxygens (including phenoxy) is 1. The molecule has 0 aromatic heterocycles. The van der Waals surface area contributed by atoms with Crippen LogP contribution in [0.5, 0.6) is 0 Å². The lowest BCUT2D eigenvalue weighted by Crippen LogP contribution is -2.58. The third-order valence-electron chi connectivity index (χ3n) is 4.44. The van der Waals surface area contributed by atoms with Gasteiger partial charge in [-0.25, -0.2) is 0 Å². The second-order valence-corrected chi connectivity index (χ2v) is 7.50. The Morgan fingerprint density at radius 3 is 2.23 bits per heavy atom. The monoisotopic (exact) mass is 305 g/mol. The van der Waals surface area contributed by atoms with Crippen molar-refractivity contribution in [2.24, 2.45) is 0 Å². The molecule has 124 valence electrons. The number of hydroxylamine groups is 2. The Morgan fingerprint density at radius 2 is 1.59 bits per heavy atom. The van der Waals surface area contributed by atoms with E-state index in [4.69, 9.17) is 9.57 Å². The Kier molecular flexibility index (Phi) is 6.01. The van der Waals surface area contributed by atoms with Crippen LogP contribution in [0.3, 0.4) is 0 Å². The summed E-state index contributed by atoms with van der Waals surface area (Å²) in [6, 6.07) is 10.3. The molecular formula is C19H31NO2. The minimum Gasteiger partial charge on any atom is -0.377 e. The zero-order valence-electron chi connectivity index (χ0n) is 14.6. The highest BCUT2D eigenvalue weighted by Crippen LogP contribution is 2.38. The molecule has 1 fully saturated rings. The molecule has 0 unspecified atom stereocenters. The van der Waals surface area contributed by atoms with Crippen LogP contribution in [0.1, 0.15) is 58.9 Å². The molecule has 1 aliphatic rings. The van der Waals surface area contributed by atoms with Crippen molar-refractivity contribution in [3.8, 4) is 0 Å². The molecule has 0 bridgehead atoms. The first-order chi connectivity index (χ1) is 10.4. The molecule has 0 N–H and O–H groups in total. The van der Waals surface area contributed by atoms with E-state index in [1.165, 1.54) is 24.8 Å². The van der Waals surface area contributed by atoms with Crippen LogP contribution in [0, 0.1) is 0 Å². The Hall–Kier alpha value is -0.900. The van der Waals surface area contributed by atoms with Crippen molar-refractivity contribution < 1.29 is 9.57 Å². The zero-order chi connectivity index (χ0) is 16.1. The molecule has 0 saturated carbocycles. The summed E-state index contributed by atoms with van der Waals surface area (Å²) in [5, 5.41) is 2.22. The van der Waals surface area contributed by atoms with Gasteiger partial charge in [0.1, 0.15) is 0 Å². The average Bonchev–Trinajstić information content (AvgIpc) is 2.45. The molecule has 1 aliphatic heterocycles. The van der Waals surface area contributed by atoms with Gasteiger partial charge in [0, 0.05) is 17.7 Å². The summed E-state index contributed by atoms with van der Waals surface area (Å²) in [5.74, 6) is 0. The van der Waals surface area contributed by atoms with Gasteiger partial charge in [0.2, 0.25) is 0 Å². The molecule has 22 heavy (non-hydrogen) atoms. The summed E-state index contributed by atoms with van der Waals surface area (Å²) >= 11 is 0. The fourth-order valence-electron chi connectivity index (χ4n) is 3.41. The van der Waals surface area contributed by atoms with Gasteiger partial charge in [-0.1, -0.05) is 30.3 Å². The molecule has 1 saturated heterocycles.